The van der Waals surface area contributed by atoms with Crippen molar-refractivity contribution in [3.8, 4) is 0 Å². The Bertz CT molecular complexity index is 648. The predicted molar refractivity (Wildman–Crippen MR) is 65.3 cm³/mol. The van der Waals surface area contributed by atoms with E-state index in [4.69, 9.17) is 11.6 Å². The van der Waals surface area contributed by atoms with E-state index in [0.717, 1.165) is 18.3 Å². The van der Waals surface area contributed by atoms with E-state index in [1.165, 1.54) is 22.9 Å². The summed E-state index contributed by atoms with van der Waals surface area (Å²) >= 11 is 5.60. The van der Waals surface area contributed by atoms with E-state index in [1.807, 2.05) is 0 Å². The van der Waals surface area contributed by atoms with Gasteiger partial charge in [0.25, 0.3) is 5.78 Å². The zero-order valence-electron chi connectivity index (χ0n) is 9.92. The number of carbonyl (C=O) groups excluding carboxylic acids is 1. The average molecular weight is 306 g/mol. The Hall–Kier alpha value is -1.82. The zero-order valence-corrected chi connectivity index (χ0v) is 10.7. The number of aromatic nitrogens is 1. The van der Waals surface area contributed by atoms with Gasteiger partial charge in [0.2, 0.25) is 0 Å². The summed E-state index contributed by atoms with van der Waals surface area (Å²) in [5, 5.41) is 0.228. The van der Waals surface area contributed by atoms with Gasteiger partial charge >= 0.3 is 6.18 Å². The van der Waals surface area contributed by atoms with Gasteiger partial charge in [0.15, 0.2) is 0 Å². The molecule has 0 spiro atoms. The van der Waals surface area contributed by atoms with Gasteiger partial charge in [-0.25, -0.2) is 4.39 Å². The van der Waals surface area contributed by atoms with Gasteiger partial charge < -0.3 is 4.57 Å². The van der Waals surface area contributed by atoms with E-state index in [1.54, 1.807) is 0 Å². The van der Waals surface area contributed by atoms with Crippen molar-refractivity contribution in [1.29, 1.82) is 0 Å². The molecule has 2 aromatic rings. The van der Waals surface area contributed by atoms with Crippen molar-refractivity contribution in [3.05, 3.63) is 58.6 Å². The van der Waals surface area contributed by atoms with Gasteiger partial charge in [-0.1, -0.05) is 17.7 Å². The molecule has 7 heteroatoms. The fraction of sp³-hybridized carbons (Fsp3) is 0.154. The quantitative estimate of drug-likeness (QED) is 0.619. The molecule has 0 bridgehead atoms. The Morgan fingerprint density at radius 2 is 1.95 bits per heavy atom. The molecule has 0 amide bonds. The summed E-state index contributed by atoms with van der Waals surface area (Å²) in [6, 6.07) is 5.07. The number of alkyl halides is 3. The highest BCUT2D eigenvalue weighted by molar-refractivity contribution is 6.30. The van der Waals surface area contributed by atoms with E-state index in [9.17, 15) is 22.4 Å². The van der Waals surface area contributed by atoms with Crippen LogP contribution in [0.3, 0.4) is 0 Å². The second kappa shape index (κ2) is 5.28. The molecule has 0 unspecified atom stereocenters. The number of ketones is 1. The van der Waals surface area contributed by atoms with Gasteiger partial charge in [0, 0.05) is 35.1 Å². The van der Waals surface area contributed by atoms with E-state index in [-0.39, 0.29) is 17.1 Å². The minimum absolute atomic E-state index is 0.00807. The number of carbonyl (C=O) groups is 1. The van der Waals surface area contributed by atoms with Gasteiger partial charge in [-0.05, 0) is 18.2 Å². The van der Waals surface area contributed by atoms with Crippen LogP contribution in [0.5, 0.6) is 0 Å². The average Bonchev–Trinajstić information content (AvgIpc) is 2.79. The van der Waals surface area contributed by atoms with Gasteiger partial charge in [-0.2, -0.15) is 13.2 Å². The lowest BCUT2D eigenvalue weighted by Gasteiger charge is -2.05. The molecule has 0 aliphatic heterocycles. The third-order valence-corrected chi connectivity index (χ3v) is 2.87. The van der Waals surface area contributed by atoms with Crippen molar-refractivity contribution in [2.75, 3.05) is 0 Å². The molecule has 1 aromatic carbocycles. The van der Waals surface area contributed by atoms with E-state index in [0.29, 0.717) is 0 Å². The minimum atomic E-state index is -4.92. The Morgan fingerprint density at radius 1 is 1.25 bits per heavy atom. The lowest BCUT2D eigenvalue weighted by Crippen LogP contribution is -2.22. The third kappa shape index (κ3) is 3.19. The molecule has 0 aliphatic carbocycles. The first-order valence-corrected chi connectivity index (χ1v) is 5.86. The molecule has 0 fully saturated rings. The van der Waals surface area contributed by atoms with Crippen molar-refractivity contribution in [3.63, 3.8) is 0 Å². The number of rotatable bonds is 3. The van der Waals surface area contributed by atoms with Crippen LogP contribution in [0.1, 0.15) is 15.9 Å². The molecule has 2 rings (SSSR count). The number of hydrogen-bond donors (Lipinski definition) is 0. The first kappa shape index (κ1) is 14.6. The fourth-order valence-corrected chi connectivity index (χ4v) is 1.84. The Labute approximate surface area is 116 Å². The minimum Gasteiger partial charge on any atom is -0.349 e. The number of Topliss-reactive ketones (excluding diaryl/α,β-unsaturated/α-hetero) is 1. The molecule has 20 heavy (non-hydrogen) atoms. The number of halogens is 5. The molecule has 1 heterocycles. The summed E-state index contributed by atoms with van der Waals surface area (Å²) < 4.78 is 51.6. The molecular formula is C13H8ClF4NO. The molecule has 0 aliphatic rings. The summed E-state index contributed by atoms with van der Waals surface area (Å²) in [7, 11) is 0. The highest BCUT2D eigenvalue weighted by Gasteiger charge is 2.39. The van der Waals surface area contributed by atoms with Gasteiger partial charge in [0.05, 0.1) is 0 Å². The monoisotopic (exact) mass is 305 g/mol. The normalized spacial score (nSPS) is 11.7. The Morgan fingerprint density at radius 3 is 2.55 bits per heavy atom. The van der Waals surface area contributed by atoms with E-state index in [2.05, 4.69) is 0 Å². The summed E-state index contributed by atoms with van der Waals surface area (Å²) in [4.78, 5) is 11.0. The molecule has 0 atom stereocenters. The van der Waals surface area contributed by atoms with E-state index >= 15 is 0 Å². The van der Waals surface area contributed by atoms with Crippen molar-refractivity contribution < 1.29 is 22.4 Å². The van der Waals surface area contributed by atoms with Crippen molar-refractivity contribution in [2.45, 2.75) is 12.7 Å². The van der Waals surface area contributed by atoms with Gasteiger partial charge in [0.1, 0.15) is 5.82 Å². The SMILES string of the molecule is O=C(c1ccn(Cc2ccc(Cl)cc2F)c1)C(F)(F)F. The van der Waals surface area contributed by atoms with Crippen LogP contribution in [0.15, 0.2) is 36.7 Å². The molecule has 0 saturated carbocycles. The smallest absolute Gasteiger partial charge is 0.349 e. The molecule has 106 valence electrons. The third-order valence-electron chi connectivity index (χ3n) is 2.64. The van der Waals surface area contributed by atoms with Gasteiger partial charge in [-0.3, -0.25) is 4.79 Å². The zero-order chi connectivity index (χ0) is 14.9. The number of hydrogen-bond acceptors (Lipinski definition) is 1. The van der Waals surface area contributed by atoms with Crippen molar-refractivity contribution in [1.82, 2.24) is 4.57 Å². The molecule has 0 N–H and O–H groups in total. The lowest BCUT2D eigenvalue weighted by atomic mass is 10.2. The maximum absolute atomic E-state index is 13.5. The van der Waals surface area contributed by atoms with Crippen LogP contribution in [0.4, 0.5) is 17.6 Å². The molecule has 2 nitrogen and oxygen atoms in total. The van der Waals surface area contributed by atoms with Crippen LogP contribution in [0, 0.1) is 5.82 Å². The first-order valence-electron chi connectivity index (χ1n) is 5.48. The van der Waals surface area contributed by atoms with Crippen LogP contribution >= 0.6 is 11.6 Å². The maximum Gasteiger partial charge on any atom is 0.454 e. The number of benzene rings is 1. The second-order valence-corrected chi connectivity index (χ2v) is 4.57. The fourth-order valence-electron chi connectivity index (χ4n) is 1.68. The van der Waals surface area contributed by atoms with Crippen LogP contribution in [0.2, 0.25) is 5.02 Å². The highest BCUT2D eigenvalue weighted by Crippen LogP contribution is 2.22. The summed E-state index contributed by atoms with van der Waals surface area (Å²) in [6.07, 6.45) is -2.60. The Balaban J connectivity index is 2.20. The van der Waals surface area contributed by atoms with Crippen LogP contribution in [-0.4, -0.2) is 16.5 Å². The van der Waals surface area contributed by atoms with Crippen molar-refractivity contribution >= 4 is 17.4 Å². The summed E-state index contributed by atoms with van der Waals surface area (Å²) in [6.45, 7) is 0.00807. The maximum atomic E-state index is 13.5. The van der Waals surface area contributed by atoms with Crippen LogP contribution < -0.4 is 0 Å². The van der Waals surface area contributed by atoms with Crippen molar-refractivity contribution in [2.24, 2.45) is 0 Å². The molecule has 0 radical (unpaired) electrons. The Kier molecular flexibility index (Phi) is 3.85. The number of nitrogens with zero attached hydrogens (tertiary/aromatic N) is 1. The summed E-state index contributed by atoms with van der Waals surface area (Å²) in [5.41, 5.74) is -0.220. The highest BCUT2D eigenvalue weighted by atomic mass is 35.5. The first-order chi connectivity index (χ1) is 9.27. The largest absolute Gasteiger partial charge is 0.454 e. The standard InChI is InChI=1S/C13H8ClF4NO/c14-10-2-1-8(11(15)5-10)6-19-4-3-9(7-19)12(20)13(16,17)18/h1-5,7H,6H2. The van der Waals surface area contributed by atoms with Crippen LogP contribution in [-0.2, 0) is 6.54 Å². The summed E-state index contributed by atoms with van der Waals surface area (Å²) in [5.74, 6) is -2.48. The molecule has 1 aromatic heterocycles. The molecular weight excluding hydrogens is 298 g/mol. The van der Waals surface area contributed by atoms with Crippen LogP contribution in [0.25, 0.3) is 0 Å². The second-order valence-electron chi connectivity index (χ2n) is 4.14. The topological polar surface area (TPSA) is 22.0 Å². The van der Waals surface area contributed by atoms with E-state index < -0.39 is 23.3 Å². The molecule has 0 saturated heterocycles. The predicted octanol–water partition coefficient (Wildman–Crippen LogP) is 4.07. The lowest BCUT2D eigenvalue weighted by molar-refractivity contribution is -0.0885. The van der Waals surface area contributed by atoms with Gasteiger partial charge in [-0.15, -0.1) is 0 Å².